The van der Waals surface area contributed by atoms with E-state index >= 15 is 0 Å². The van der Waals surface area contributed by atoms with Crippen LogP contribution in [0.4, 0.5) is 0 Å². The van der Waals surface area contributed by atoms with Crippen LogP contribution in [-0.2, 0) is 0 Å². The van der Waals surface area contributed by atoms with Gasteiger partial charge in [0, 0.05) is 0 Å². The van der Waals surface area contributed by atoms with Gasteiger partial charge in [-0.3, -0.25) is 0 Å². The van der Waals surface area contributed by atoms with Crippen LogP contribution in [0, 0.1) is 0 Å². The maximum absolute atomic E-state index is 8.56. The summed E-state index contributed by atoms with van der Waals surface area (Å²) in [5.74, 6) is 0. The zero-order valence-electron chi connectivity index (χ0n) is 18.9. The molecule has 0 aliphatic heterocycles. The minimum atomic E-state index is 1.04. The van der Waals surface area contributed by atoms with E-state index in [2.05, 4.69) is 6.92 Å². The Labute approximate surface area is 172 Å². The van der Waals surface area contributed by atoms with Gasteiger partial charge in [-0.2, -0.15) is 0 Å². The summed E-state index contributed by atoms with van der Waals surface area (Å²) in [4.78, 5) is 0. The lowest BCUT2D eigenvalue weighted by molar-refractivity contribution is 0.469. The molecule has 0 radical (unpaired) electrons. The van der Waals surface area contributed by atoms with E-state index in [0.29, 0.717) is 0 Å². The van der Waals surface area contributed by atoms with Crippen molar-refractivity contribution in [2.75, 3.05) is 0 Å². The SMILES string of the molecule is CCCCCCCCCCCCCCCCCCCCCCCCC=CO. The summed E-state index contributed by atoms with van der Waals surface area (Å²) >= 11 is 0. The molecule has 0 amide bonds. The summed E-state index contributed by atoms with van der Waals surface area (Å²) in [6.45, 7) is 2.30. The van der Waals surface area contributed by atoms with Crippen molar-refractivity contribution in [2.45, 2.75) is 155 Å². The van der Waals surface area contributed by atoms with E-state index in [4.69, 9.17) is 5.11 Å². The normalized spacial score (nSPS) is 11.6. The highest BCUT2D eigenvalue weighted by Crippen LogP contribution is 2.15. The van der Waals surface area contributed by atoms with E-state index in [-0.39, 0.29) is 0 Å². The third-order valence-electron chi connectivity index (χ3n) is 5.83. The zero-order chi connectivity index (χ0) is 19.7. The molecule has 0 unspecified atom stereocenters. The molecule has 0 aromatic heterocycles. The molecule has 0 atom stereocenters. The first kappa shape index (κ1) is 26.5. The van der Waals surface area contributed by atoms with Crippen LogP contribution in [0.25, 0.3) is 0 Å². The molecule has 0 aromatic rings. The number of rotatable bonds is 23. The number of hydrogen-bond acceptors (Lipinski definition) is 1. The average molecular weight is 381 g/mol. The third kappa shape index (κ3) is 25.5. The van der Waals surface area contributed by atoms with Crippen LogP contribution < -0.4 is 0 Å². The third-order valence-corrected chi connectivity index (χ3v) is 5.83. The van der Waals surface area contributed by atoms with Crippen molar-refractivity contribution in [3.05, 3.63) is 12.3 Å². The van der Waals surface area contributed by atoms with Crippen molar-refractivity contribution in [1.29, 1.82) is 0 Å². The first-order chi connectivity index (χ1) is 13.4. The Kier molecular flexibility index (Phi) is 25.1. The predicted octanol–water partition coefficient (Wildman–Crippen LogP) is 10.1. The fourth-order valence-corrected chi connectivity index (χ4v) is 3.95. The highest BCUT2D eigenvalue weighted by Gasteiger charge is 1.95. The van der Waals surface area contributed by atoms with E-state index in [9.17, 15) is 0 Å². The largest absolute Gasteiger partial charge is 0.516 e. The summed E-state index contributed by atoms with van der Waals surface area (Å²) in [5.41, 5.74) is 0. The molecule has 162 valence electrons. The van der Waals surface area contributed by atoms with Crippen molar-refractivity contribution in [2.24, 2.45) is 0 Å². The minimum absolute atomic E-state index is 1.04. The summed E-state index contributed by atoms with van der Waals surface area (Å²) in [5, 5.41) is 8.56. The van der Waals surface area contributed by atoms with E-state index < -0.39 is 0 Å². The van der Waals surface area contributed by atoms with Crippen molar-refractivity contribution in [1.82, 2.24) is 0 Å². The van der Waals surface area contributed by atoms with Crippen molar-refractivity contribution in [3.8, 4) is 0 Å². The van der Waals surface area contributed by atoms with Crippen LogP contribution in [0.3, 0.4) is 0 Å². The first-order valence-corrected chi connectivity index (χ1v) is 12.7. The number of aliphatic hydroxyl groups excluding tert-OH is 1. The molecule has 0 saturated carbocycles. The van der Waals surface area contributed by atoms with Crippen LogP contribution >= 0.6 is 0 Å². The molecule has 0 heterocycles. The van der Waals surface area contributed by atoms with E-state index in [1.165, 1.54) is 148 Å². The minimum Gasteiger partial charge on any atom is -0.516 e. The Hall–Kier alpha value is -0.460. The number of allylic oxidation sites excluding steroid dienone is 1. The fraction of sp³-hybridized carbons (Fsp3) is 0.923. The molecule has 0 spiro atoms. The van der Waals surface area contributed by atoms with Crippen LogP contribution in [0.2, 0.25) is 0 Å². The lowest BCUT2D eigenvalue weighted by Crippen LogP contribution is -1.84. The standard InChI is InChI=1S/C26H52O/c1-2-3-4-5-6-7-8-9-10-11-12-13-14-15-16-17-18-19-20-21-22-23-24-25-26-27/h25-27H,2-24H2,1H3. The second-order valence-electron chi connectivity index (χ2n) is 8.60. The Morgan fingerprint density at radius 1 is 0.407 bits per heavy atom. The number of aliphatic hydroxyl groups is 1. The highest BCUT2D eigenvalue weighted by atomic mass is 16.2. The lowest BCUT2D eigenvalue weighted by atomic mass is 10.0. The van der Waals surface area contributed by atoms with Gasteiger partial charge in [0.15, 0.2) is 0 Å². The van der Waals surface area contributed by atoms with Gasteiger partial charge in [0.25, 0.3) is 0 Å². The Morgan fingerprint density at radius 2 is 0.667 bits per heavy atom. The number of unbranched alkanes of at least 4 members (excludes halogenated alkanes) is 22. The molecule has 0 saturated heterocycles. The van der Waals surface area contributed by atoms with Gasteiger partial charge in [-0.1, -0.05) is 148 Å². The molecule has 0 aliphatic rings. The van der Waals surface area contributed by atoms with Gasteiger partial charge in [-0.15, -0.1) is 0 Å². The molecule has 0 bridgehead atoms. The van der Waals surface area contributed by atoms with Gasteiger partial charge in [0.05, 0.1) is 6.26 Å². The van der Waals surface area contributed by atoms with Crippen molar-refractivity contribution >= 4 is 0 Å². The fourth-order valence-electron chi connectivity index (χ4n) is 3.95. The summed E-state index contributed by atoms with van der Waals surface area (Å²) in [6, 6.07) is 0. The lowest BCUT2D eigenvalue weighted by Gasteiger charge is -2.04. The monoisotopic (exact) mass is 380 g/mol. The van der Waals surface area contributed by atoms with Gasteiger partial charge in [0.1, 0.15) is 0 Å². The van der Waals surface area contributed by atoms with E-state index in [0.717, 1.165) is 6.42 Å². The second-order valence-corrected chi connectivity index (χ2v) is 8.60. The van der Waals surface area contributed by atoms with Crippen LogP contribution in [0.5, 0.6) is 0 Å². The molecular formula is C26H52O. The first-order valence-electron chi connectivity index (χ1n) is 12.7. The molecule has 1 N–H and O–H groups in total. The Balaban J connectivity index is 2.97. The van der Waals surface area contributed by atoms with Gasteiger partial charge < -0.3 is 5.11 Å². The molecule has 1 nitrogen and oxygen atoms in total. The smallest absolute Gasteiger partial charge is 0.0751 e. The Bertz CT molecular complexity index is 271. The molecule has 27 heavy (non-hydrogen) atoms. The van der Waals surface area contributed by atoms with Gasteiger partial charge >= 0.3 is 0 Å². The average Bonchev–Trinajstić information content (AvgIpc) is 2.68. The molecule has 0 aliphatic carbocycles. The number of hydrogen-bond donors (Lipinski definition) is 1. The molecule has 0 rings (SSSR count). The summed E-state index contributed by atoms with van der Waals surface area (Å²) in [6.07, 6.45) is 35.6. The molecular weight excluding hydrogens is 328 g/mol. The second kappa shape index (κ2) is 25.5. The van der Waals surface area contributed by atoms with Gasteiger partial charge in [0.2, 0.25) is 0 Å². The van der Waals surface area contributed by atoms with Gasteiger partial charge in [-0.05, 0) is 12.8 Å². The van der Waals surface area contributed by atoms with E-state index in [1.54, 1.807) is 0 Å². The quantitative estimate of drug-likeness (QED) is 0.138. The molecule has 0 fully saturated rings. The van der Waals surface area contributed by atoms with Crippen molar-refractivity contribution < 1.29 is 5.11 Å². The highest BCUT2D eigenvalue weighted by molar-refractivity contribution is 4.70. The Morgan fingerprint density at radius 3 is 0.926 bits per heavy atom. The van der Waals surface area contributed by atoms with Crippen molar-refractivity contribution in [3.63, 3.8) is 0 Å². The molecule has 1 heteroatoms. The zero-order valence-corrected chi connectivity index (χ0v) is 18.9. The summed E-state index contributed by atoms with van der Waals surface area (Å²) in [7, 11) is 0. The predicted molar refractivity (Wildman–Crippen MR) is 124 cm³/mol. The summed E-state index contributed by atoms with van der Waals surface area (Å²) < 4.78 is 0. The maximum Gasteiger partial charge on any atom is 0.0751 e. The van der Waals surface area contributed by atoms with Crippen LogP contribution in [0.15, 0.2) is 12.3 Å². The van der Waals surface area contributed by atoms with Crippen LogP contribution in [0.1, 0.15) is 155 Å². The molecule has 0 aromatic carbocycles. The van der Waals surface area contributed by atoms with Gasteiger partial charge in [-0.25, -0.2) is 0 Å². The van der Waals surface area contributed by atoms with Crippen LogP contribution in [-0.4, -0.2) is 5.11 Å². The van der Waals surface area contributed by atoms with E-state index in [1.807, 2.05) is 6.08 Å². The topological polar surface area (TPSA) is 20.2 Å². The maximum atomic E-state index is 8.56.